The Balaban J connectivity index is 1.72. The van der Waals surface area contributed by atoms with Gasteiger partial charge in [0.1, 0.15) is 5.76 Å². The van der Waals surface area contributed by atoms with Crippen LogP contribution in [0.5, 0.6) is 0 Å². The summed E-state index contributed by atoms with van der Waals surface area (Å²) < 4.78 is 5.20. The lowest BCUT2D eigenvalue weighted by Crippen LogP contribution is -2.21. The van der Waals surface area contributed by atoms with Gasteiger partial charge in [-0.25, -0.2) is 0 Å². The third kappa shape index (κ3) is 4.24. The van der Waals surface area contributed by atoms with Crippen molar-refractivity contribution in [2.24, 2.45) is 0 Å². The molecule has 0 saturated heterocycles. The molecule has 0 spiro atoms. The minimum Gasteiger partial charge on any atom is -0.468 e. The summed E-state index contributed by atoms with van der Waals surface area (Å²) >= 11 is 0. The van der Waals surface area contributed by atoms with Gasteiger partial charge >= 0.3 is 0 Å². The molecule has 4 nitrogen and oxygen atoms in total. The average Bonchev–Trinajstić information content (AvgIpc) is 2.97. The molecule has 0 saturated carbocycles. The van der Waals surface area contributed by atoms with Crippen LogP contribution in [0, 0.1) is 0 Å². The highest BCUT2D eigenvalue weighted by Crippen LogP contribution is 2.15. The zero-order chi connectivity index (χ0) is 14.2. The lowest BCUT2D eigenvalue weighted by atomic mass is 10.1. The third-order valence-corrected chi connectivity index (χ3v) is 3.08. The molecule has 0 radical (unpaired) electrons. The summed E-state index contributed by atoms with van der Waals surface area (Å²) in [6, 6.07) is 11.6. The van der Waals surface area contributed by atoms with E-state index in [1.807, 2.05) is 36.4 Å². The van der Waals surface area contributed by atoms with Crippen molar-refractivity contribution in [2.75, 3.05) is 11.9 Å². The van der Waals surface area contributed by atoms with Crippen molar-refractivity contribution in [3.63, 3.8) is 0 Å². The normalized spacial score (nSPS) is 10.4. The number of benzene rings is 1. The predicted octanol–water partition coefficient (Wildman–Crippen LogP) is 2.96. The second kappa shape index (κ2) is 7.50. The first-order valence-electron chi connectivity index (χ1n) is 6.90. The molecule has 0 aliphatic rings. The topological polar surface area (TPSA) is 54.3 Å². The highest BCUT2D eigenvalue weighted by atomic mass is 16.3. The van der Waals surface area contributed by atoms with Crippen LogP contribution >= 0.6 is 0 Å². The molecule has 0 aliphatic carbocycles. The Kier molecular flexibility index (Phi) is 5.38. The van der Waals surface area contributed by atoms with Crippen LogP contribution in [0.3, 0.4) is 0 Å². The number of carbonyl (C=O) groups excluding carboxylic acids is 1. The van der Waals surface area contributed by atoms with E-state index in [2.05, 4.69) is 17.6 Å². The average molecular weight is 272 g/mol. The van der Waals surface area contributed by atoms with Gasteiger partial charge in [-0.15, -0.1) is 0 Å². The van der Waals surface area contributed by atoms with Gasteiger partial charge in [0.05, 0.1) is 12.8 Å². The van der Waals surface area contributed by atoms with E-state index in [9.17, 15) is 4.79 Å². The molecule has 0 aliphatic heterocycles. The van der Waals surface area contributed by atoms with Crippen molar-refractivity contribution >= 4 is 11.6 Å². The van der Waals surface area contributed by atoms with Crippen LogP contribution in [0.15, 0.2) is 47.1 Å². The maximum absolute atomic E-state index is 11.9. The monoisotopic (exact) mass is 272 g/mol. The van der Waals surface area contributed by atoms with E-state index in [1.165, 1.54) is 0 Å². The summed E-state index contributed by atoms with van der Waals surface area (Å²) in [7, 11) is 0. The smallest absolute Gasteiger partial charge is 0.225 e. The molecule has 1 aromatic heterocycles. The summed E-state index contributed by atoms with van der Waals surface area (Å²) in [5, 5.41) is 6.13. The van der Waals surface area contributed by atoms with Crippen LogP contribution in [0.25, 0.3) is 0 Å². The Bertz CT molecular complexity index is 535. The molecule has 1 heterocycles. The standard InChI is InChI=1S/C16H20N2O2/c1-2-13-6-3-4-8-15(13)18-16(19)9-10-17-12-14-7-5-11-20-14/h3-8,11,17H,2,9-10,12H2,1H3,(H,18,19). The number of anilines is 1. The molecule has 20 heavy (non-hydrogen) atoms. The summed E-state index contributed by atoms with van der Waals surface area (Å²) in [6.45, 7) is 3.35. The number of carbonyl (C=O) groups is 1. The first kappa shape index (κ1) is 14.3. The minimum absolute atomic E-state index is 0.0258. The molecule has 1 amide bonds. The van der Waals surface area contributed by atoms with Crippen molar-refractivity contribution in [1.82, 2.24) is 5.32 Å². The molecular formula is C16H20N2O2. The van der Waals surface area contributed by atoms with Crippen molar-refractivity contribution in [3.8, 4) is 0 Å². The van der Waals surface area contributed by atoms with Crippen LogP contribution in [-0.4, -0.2) is 12.5 Å². The summed E-state index contributed by atoms with van der Waals surface area (Å²) in [5.41, 5.74) is 2.07. The SMILES string of the molecule is CCc1ccccc1NC(=O)CCNCc1ccco1. The Morgan fingerprint density at radius 2 is 2.05 bits per heavy atom. The van der Waals surface area contributed by atoms with E-state index < -0.39 is 0 Å². The lowest BCUT2D eigenvalue weighted by Gasteiger charge is -2.09. The fraction of sp³-hybridized carbons (Fsp3) is 0.312. The van der Waals surface area contributed by atoms with Crippen molar-refractivity contribution in [3.05, 3.63) is 54.0 Å². The fourth-order valence-corrected chi connectivity index (χ4v) is 1.99. The molecule has 0 atom stereocenters. The molecule has 0 fully saturated rings. The molecule has 2 N–H and O–H groups in total. The van der Waals surface area contributed by atoms with Gasteiger partial charge in [-0.1, -0.05) is 25.1 Å². The fourth-order valence-electron chi connectivity index (χ4n) is 1.99. The molecule has 0 unspecified atom stereocenters. The maximum Gasteiger partial charge on any atom is 0.225 e. The van der Waals surface area contributed by atoms with E-state index >= 15 is 0 Å². The van der Waals surface area contributed by atoms with Crippen LogP contribution in [0.1, 0.15) is 24.7 Å². The summed E-state index contributed by atoms with van der Waals surface area (Å²) in [6.07, 6.45) is 3.00. The van der Waals surface area contributed by atoms with Crippen LogP contribution < -0.4 is 10.6 Å². The minimum atomic E-state index is 0.0258. The molecule has 2 aromatic rings. The first-order chi connectivity index (χ1) is 9.79. The molecule has 1 aromatic carbocycles. The van der Waals surface area contributed by atoms with Gasteiger partial charge in [-0.05, 0) is 30.2 Å². The number of para-hydroxylation sites is 1. The lowest BCUT2D eigenvalue weighted by molar-refractivity contribution is -0.116. The molecular weight excluding hydrogens is 252 g/mol. The summed E-state index contributed by atoms with van der Waals surface area (Å²) in [4.78, 5) is 11.9. The number of amides is 1. The number of nitrogens with one attached hydrogen (secondary N) is 2. The molecule has 106 valence electrons. The van der Waals surface area contributed by atoms with Crippen molar-refractivity contribution < 1.29 is 9.21 Å². The van der Waals surface area contributed by atoms with Crippen molar-refractivity contribution in [1.29, 1.82) is 0 Å². The number of furan rings is 1. The Labute approximate surface area is 119 Å². The van der Waals surface area contributed by atoms with Gasteiger partial charge in [0.2, 0.25) is 5.91 Å². The molecule has 4 heteroatoms. The van der Waals surface area contributed by atoms with E-state index in [1.54, 1.807) is 6.26 Å². The largest absolute Gasteiger partial charge is 0.468 e. The zero-order valence-electron chi connectivity index (χ0n) is 11.7. The number of hydrogen-bond donors (Lipinski definition) is 2. The maximum atomic E-state index is 11.9. The van der Waals surface area contributed by atoms with E-state index in [0.717, 1.165) is 23.4 Å². The number of rotatable bonds is 7. The van der Waals surface area contributed by atoms with Gasteiger partial charge in [0.25, 0.3) is 0 Å². The Morgan fingerprint density at radius 3 is 2.80 bits per heavy atom. The Morgan fingerprint density at radius 1 is 1.20 bits per heavy atom. The van der Waals surface area contributed by atoms with Gasteiger partial charge in [-0.2, -0.15) is 0 Å². The van der Waals surface area contributed by atoms with E-state index in [4.69, 9.17) is 4.42 Å². The summed E-state index contributed by atoms with van der Waals surface area (Å²) in [5.74, 6) is 0.902. The highest BCUT2D eigenvalue weighted by molar-refractivity contribution is 5.91. The van der Waals surface area contributed by atoms with Crippen LogP contribution in [0.2, 0.25) is 0 Å². The molecule has 2 rings (SSSR count). The van der Waals surface area contributed by atoms with Gasteiger partial charge < -0.3 is 15.1 Å². The Hall–Kier alpha value is -2.07. The van der Waals surface area contributed by atoms with Gasteiger partial charge in [-0.3, -0.25) is 4.79 Å². The third-order valence-electron chi connectivity index (χ3n) is 3.08. The number of hydrogen-bond acceptors (Lipinski definition) is 3. The van der Waals surface area contributed by atoms with Crippen molar-refractivity contribution in [2.45, 2.75) is 26.3 Å². The number of aryl methyl sites for hydroxylation is 1. The van der Waals surface area contributed by atoms with E-state index in [0.29, 0.717) is 19.5 Å². The first-order valence-corrected chi connectivity index (χ1v) is 6.90. The molecule has 0 bridgehead atoms. The van der Waals surface area contributed by atoms with Gasteiger partial charge in [0.15, 0.2) is 0 Å². The quantitative estimate of drug-likeness (QED) is 0.762. The van der Waals surface area contributed by atoms with Crippen LogP contribution in [0.4, 0.5) is 5.69 Å². The van der Waals surface area contributed by atoms with E-state index in [-0.39, 0.29) is 5.91 Å². The predicted molar refractivity (Wildman–Crippen MR) is 79.5 cm³/mol. The van der Waals surface area contributed by atoms with Gasteiger partial charge in [0, 0.05) is 18.7 Å². The highest BCUT2D eigenvalue weighted by Gasteiger charge is 2.05. The van der Waals surface area contributed by atoms with Crippen LogP contribution in [-0.2, 0) is 17.8 Å². The second-order valence-corrected chi connectivity index (χ2v) is 4.57. The zero-order valence-corrected chi connectivity index (χ0v) is 11.7. The second-order valence-electron chi connectivity index (χ2n) is 4.57.